The molecule has 6 heteroatoms. The average molecular weight is 244 g/mol. The lowest BCUT2D eigenvalue weighted by Crippen LogP contribution is -2.46. The Balaban J connectivity index is 2.83. The van der Waals surface area contributed by atoms with Crippen molar-refractivity contribution in [2.45, 2.75) is 32.4 Å². The van der Waals surface area contributed by atoms with E-state index in [0.29, 0.717) is 0 Å². The zero-order valence-electron chi connectivity index (χ0n) is 10.2. The molecule has 6 nitrogen and oxygen atoms in total. The van der Waals surface area contributed by atoms with Gasteiger partial charge in [-0.3, -0.25) is 4.79 Å². The van der Waals surface area contributed by atoms with Crippen molar-refractivity contribution in [1.29, 1.82) is 0 Å². The molecule has 0 saturated carbocycles. The number of carboxylic acids is 1. The molecule has 0 spiro atoms. The number of carbonyl (C=O) groups excluding carboxylic acids is 1. The third kappa shape index (κ3) is 2.95. The van der Waals surface area contributed by atoms with E-state index in [9.17, 15) is 14.7 Å². The lowest BCUT2D eigenvalue weighted by molar-refractivity contribution is -0.150. The fraction of sp³-hybridized carbons (Fsp3) is 0.818. The molecule has 0 aliphatic carbocycles. The number of hydrogen-bond acceptors (Lipinski definition) is 4. The number of aliphatic hydroxyl groups is 1. The number of rotatable bonds is 4. The molecule has 1 fully saturated rings. The highest BCUT2D eigenvalue weighted by molar-refractivity contribution is 5.86. The fourth-order valence-electron chi connectivity index (χ4n) is 2.16. The maximum atomic E-state index is 12.1. The zero-order valence-corrected chi connectivity index (χ0v) is 10.2. The van der Waals surface area contributed by atoms with Gasteiger partial charge in [-0.25, -0.2) is 4.79 Å². The van der Waals surface area contributed by atoms with Crippen molar-refractivity contribution in [1.82, 2.24) is 4.90 Å². The molecule has 1 aliphatic heterocycles. The van der Waals surface area contributed by atoms with Crippen molar-refractivity contribution in [3.63, 3.8) is 0 Å². The van der Waals surface area contributed by atoms with Crippen molar-refractivity contribution in [3.8, 4) is 0 Å². The fourth-order valence-corrected chi connectivity index (χ4v) is 2.16. The van der Waals surface area contributed by atoms with E-state index in [1.54, 1.807) is 0 Å². The highest BCUT2D eigenvalue weighted by Crippen LogP contribution is 2.23. The summed E-state index contributed by atoms with van der Waals surface area (Å²) in [6, 6.07) is -0.926. The van der Waals surface area contributed by atoms with Crippen LogP contribution in [0.2, 0.25) is 0 Å². The number of hydrogen-bond donors (Lipinski definition) is 3. The Hall–Kier alpha value is -1.14. The second kappa shape index (κ2) is 5.46. The predicted octanol–water partition coefficient (Wildman–Crippen LogP) is -0.736. The van der Waals surface area contributed by atoms with Crippen molar-refractivity contribution < 1.29 is 19.8 Å². The van der Waals surface area contributed by atoms with Crippen LogP contribution in [0.15, 0.2) is 0 Å². The van der Waals surface area contributed by atoms with Gasteiger partial charge in [-0.15, -0.1) is 0 Å². The highest BCUT2D eigenvalue weighted by Gasteiger charge is 2.41. The summed E-state index contributed by atoms with van der Waals surface area (Å²) in [5.41, 5.74) is 5.54. The summed E-state index contributed by atoms with van der Waals surface area (Å²) in [6.45, 7) is 4.02. The van der Waals surface area contributed by atoms with Gasteiger partial charge in [-0.1, -0.05) is 13.8 Å². The summed E-state index contributed by atoms with van der Waals surface area (Å²) in [5.74, 6) is -1.68. The smallest absolute Gasteiger partial charge is 0.326 e. The van der Waals surface area contributed by atoms with Crippen molar-refractivity contribution in [3.05, 3.63) is 0 Å². The van der Waals surface area contributed by atoms with E-state index < -0.39 is 18.1 Å². The molecule has 1 unspecified atom stereocenters. The second-order valence-corrected chi connectivity index (χ2v) is 4.82. The standard InChI is InChI=1S/C11H20N2O4/c1-6(2)8(4-12)10(15)13-5-7(14)3-9(13)11(16)17/h6-9,14H,3-5,12H2,1-2H3,(H,16,17)/t7-,8?,9-/m1/s1. The van der Waals surface area contributed by atoms with Gasteiger partial charge in [0.1, 0.15) is 6.04 Å². The summed E-state index contributed by atoms with van der Waals surface area (Å²) < 4.78 is 0. The zero-order chi connectivity index (χ0) is 13.2. The molecule has 1 amide bonds. The van der Waals surface area contributed by atoms with E-state index in [1.165, 1.54) is 4.90 Å². The summed E-state index contributed by atoms with van der Waals surface area (Å²) in [4.78, 5) is 24.4. The third-order valence-corrected chi connectivity index (χ3v) is 3.22. The van der Waals surface area contributed by atoms with Crippen LogP contribution in [0.3, 0.4) is 0 Å². The Morgan fingerprint density at radius 2 is 2.06 bits per heavy atom. The van der Waals surface area contributed by atoms with E-state index in [-0.39, 0.29) is 37.3 Å². The number of carbonyl (C=O) groups is 2. The summed E-state index contributed by atoms with van der Waals surface area (Å²) in [7, 11) is 0. The molecule has 0 aromatic carbocycles. The van der Waals surface area contributed by atoms with Crippen LogP contribution in [0.4, 0.5) is 0 Å². The van der Waals surface area contributed by atoms with Crippen LogP contribution in [0.1, 0.15) is 20.3 Å². The van der Waals surface area contributed by atoms with Crippen molar-refractivity contribution in [2.75, 3.05) is 13.1 Å². The van der Waals surface area contributed by atoms with E-state index in [1.807, 2.05) is 13.8 Å². The van der Waals surface area contributed by atoms with Crippen LogP contribution >= 0.6 is 0 Å². The predicted molar refractivity (Wildman–Crippen MR) is 61.1 cm³/mol. The Bertz CT molecular complexity index is 306. The number of aliphatic hydroxyl groups excluding tert-OH is 1. The highest BCUT2D eigenvalue weighted by atomic mass is 16.4. The summed E-state index contributed by atoms with van der Waals surface area (Å²) in [5, 5.41) is 18.5. The van der Waals surface area contributed by atoms with Gasteiger partial charge in [-0.05, 0) is 5.92 Å². The first-order chi connectivity index (χ1) is 7.88. The van der Waals surface area contributed by atoms with Crippen molar-refractivity contribution in [2.24, 2.45) is 17.6 Å². The number of nitrogens with zero attached hydrogens (tertiary/aromatic N) is 1. The van der Waals surface area contributed by atoms with Crippen LogP contribution in [-0.4, -0.2) is 52.2 Å². The molecule has 0 bridgehead atoms. The second-order valence-electron chi connectivity index (χ2n) is 4.82. The number of nitrogens with two attached hydrogens (primary N) is 1. The molecule has 0 aromatic heterocycles. The number of amides is 1. The third-order valence-electron chi connectivity index (χ3n) is 3.22. The lowest BCUT2D eigenvalue weighted by Gasteiger charge is -2.27. The van der Waals surface area contributed by atoms with E-state index >= 15 is 0 Å². The monoisotopic (exact) mass is 244 g/mol. The van der Waals surface area contributed by atoms with E-state index in [0.717, 1.165) is 0 Å². The van der Waals surface area contributed by atoms with Gasteiger partial charge < -0.3 is 20.8 Å². The molecule has 98 valence electrons. The molecule has 1 heterocycles. The van der Waals surface area contributed by atoms with Gasteiger partial charge in [0.2, 0.25) is 5.91 Å². The van der Waals surface area contributed by atoms with Crippen LogP contribution in [0, 0.1) is 11.8 Å². The van der Waals surface area contributed by atoms with E-state index in [2.05, 4.69) is 0 Å². The quantitative estimate of drug-likeness (QED) is 0.604. The molecule has 1 saturated heterocycles. The number of carboxylic acid groups (broad SMARTS) is 1. The molecular weight excluding hydrogens is 224 g/mol. The van der Waals surface area contributed by atoms with E-state index in [4.69, 9.17) is 10.8 Å². The first-order valence-corrected chi connectivity index (χ1v) is 5.79. The summed E-state index contributed by atoms with van der Waals surface area (Å²) >= 11 is 0. The van der Waals surface area contributed by atoms with Gasteiger partial charge in [0.05, 0.1) is 12.0 Å². The van der Waals surface area contributed by atoms with Crippen LogP contribution in [-0.2, 0) is 9.59 Å². The minimum Gasteiger partial charge on any atom is -0.480 e. The SMILES string of the molecule is CC(C)C(CN)C(=O)N1C[C@H](O)C[C@@H]1C(=O)O. The van der Waals surface area contributed by atoms with Crippen molar-refractivity contribution >= 4 is 11.9 Å². The molecule has 1 aliphatic rings. The topological polar surface area (TPSA) is 104 Å². The van der Waals surface area contributed by atoms with Gasteiger partial charge in [-0.2, -0.15) is 0 Å². The van der Waals surface area contributed by atoms with Crippen LogP contribution in [0.5, 0.6) is 0 Å². The van der Waals surface area contributed by atoms with Crippen LogP contribution < -0.4 is 5.73 Å². The van der Waals surface area contributed by atoms with Gasteiger partial charge in [0, 0.05) is 19.5 Å². The first-order valence-electron chi connectivity index (χ1n) is 5.79. The number of aliphatic carboxylic acids is 1. The lowest BCUT2D eigenvalue weighted by atomic mass is 9.94. The molecule has 17 heavy (non-hydrogen) atoms. The molecule has 1 rings (SSSR count). The average Bonchev–Trinajstić information content (AvgIpc) is 2.60. The number of likely N-dealkylation sites (tertiary alicyclic amines) is 1. The number of β-amino-alcohol motifs (C(OH)–C–C–N with tert-alkyl or cyclic N) is 1. The first kappa shape index (κ1) is 13.9. The Labute approximate surface area is 100 Å². The maximum absolute atomic E-state index is 12.1. The summed E-state index contributed by atoms with van der Waals surface area (Å²) in [6.07, 6.45) is -0.665. The molecule has 0 aromatic rings. The minimum atomic E-state index is -1.07. The Morgan fingerprint density at radius 3 is 2.47 bits per heavy atom. The molecular formula is C11H20N2O4. The maximum Gasteiger partial charge on any atom is 0.326 e. The molecule has 0 radical (unpaired) electrons. The Morgan fingerprint density at radius 1 is 1.47 bits per heavy atom. The normalized spacial score (nSPS) is 26.3. The van der Waals surface area contributed by atoms with Gasteiger partial charge in [0.15, 0.2) is 0 Å². The molecule has 3 atom stereocenters. The minimum absolute atomic E-state index is 0.0553. The molecule has 4 N–H and O–H groups in total. The Kier molecular flexibility index (Phi) is 4.47. The largest absolute Gasteiger partial charge is 0.480 e. The van der Waals surface area contributed by atoms with Crippen LogP contribution in [0.25, 0.3) is 0 Å². The van der Waals surface area contributed by atoms with Gasteiger partial charge in [0.25, 0.3) is 0 Å². The van der Waals surface area contributed by atoms with Gasteiger partial charge >= 0.3 is 5.97 Å².